The number of nitrogens with zero attached hydrogens (tertiary/aromatic N) is 1. The Balaban J connectivity index is 1.71. The van der Waals surface area contributed by atoms with Gasteiger partial charge in [-0.25, -0.2) is 4.39 Å². The van der Waals surface area contributed by atoms with Gasteiger partial charge in [-0.15, -0.1) is 0 Å². The fourth-order valence-electron chi connectivity index (χ4n) is 3.24. The molecule has 1 N–H and O–H groups in total. The average molecular weight is 343 g/mol. The monoisotopic (exact) mass is 343 g/mol. The molecule has 0 unspecified atom stereocenters. The number of β-amino-alcohol motifs (C(OH)–C–C–N with tert-alkyl or cyclic N) is 1. The molecule has 0 saturated carbocycles. The standard InChI is InChI=1S/C20H22FNO3/c1-2-25-18-9-3-14(4-10-18)11-20(24)22-13-17(23)12-19(22)15-5-7-16(21)8-6-15/h3-10,17,19,23H,2,11-13H2,1H3/t17-,19+/m0/s1. The van der Waals surface area contributed by atoms with Crippen LogP contribution in [0.1, 0.15) is 30.5 Å². The number of hydrogen-bond acceptors (Lipinski definition) is 3. The van der Waals surface area contributed by atoms with Crippen LogP contribution in [0.3, 0.4) is 0 Å². The number of likely N-dealkylation sites (tertiary alicyclic amines) is 1. The Morgan fingerprint density at radius 1 is 1.20 bits per heavy atom. The van der Waals surface area contributed by atoms with Gasteiger partial charge in [0.1, 0.15) is 11.6 Å². The molecule has 0 radical (unpaired) electrons. The van der Waals surface area contributed by atoms with Crippen LogP contribution in [0.15, 0.2) is 48.5 Å². The molecule has 1 aliphatic rings. The van der Waals surface area contributed by atoms with E-state index in [0.717, 1.165) is 16.9 Å². The lowest BCUT2D eigenvalue weighted by molar-refractivity contribution is -0.131. The van der Waals surface area contributed by atoms with Gasteiger partial charge in [-0.05, 0) is 48.7 Å². The Labute approximate surface area is 146 Å². The summed E-state index contributed by atoms with van der Waals surface area (Å²) in [5.41, 5.74) is 1.74. The lowest BCUT2D eigenvalue weighted by Gasteiger charge is -2.25. The van der Waals surface area contributed by atoms with Crippen LogP contribution in [0.4, 0.5) is 4.39 Å². The molecule has 2 aromatic rings. The maximum Gasteiger partial charge on any atom is 0.227 e. The van der Waals surface area contributed by atoms with E-state index in [4.69, 9.17) is 4.74 Å². The minimum atomic E-state index is -0.556. The van der Waals surface area contributed by atoms with Crippen LogP contribution in [0.2, 0.25) is 0 Å². The second-order valence-corrected chi connectivity index (χ2v) is 6.26. The maximum absolute atomic E-state index is 13.1. The number of carbonyl (C=O) groups is 1. The van der Waals surface area contributed by atoms with Crippen LogP contribution in [0.5, 0.6) is 5.75 Å². The van der Waals surface area contributed by atoms with Gasteiger partial charge in [-0.2, -0.15) is 0 Å². The fraction of sp³-hybridized carbons (Fsp3) is 0.350. The van der Waals surface area contributed by atoms with Gasteiger partial charge in [0.2, 0.25) is 5.91 Å². The molecule has 1 amide bonds. The van der Waals surface area contributed by atoms with Crippen molar-refractivity contribution in [2.24, 2.45) is 0 Å². The largest absolute Gasteiger partial charge is 0.494 e. The summed E-state index contributed by atoms with van der Waals surface area (Å²) >= 11 is 0. The van der Waals surface area contributed by atoms with Crippen LogP contribution in [0, 0.1) is 5.82 Å². The Morgan fingerprint density at radius 3 is 2.52 bits per heavy atom. The van der Waals surface area contributed by atoms with Crippen LogP contribution >= 0.6 is 0 Å². The Morgan fingerprint density at radius 2 is 1.88 bits per heavy atom. The van der Waals surface area contributed by atoms with E-state index in [2.05, 4.69) is 0 Å². The summed E-state index contributed by atoms with van der Waals surface area (Å²) in [4.78, 5) is 14.4. The molecule has 0 aliphatic carbocycles. The molecule has 0 bridgehead atoms. The van der Waals surface area contributed by atoms with Crippen molar-refractivity contribution in [2.75, 3.05) is 13.2 Å². The summed E-state index contributed by atoms with van der Waals surface area (Å²) in [6.07, 6.45) is 0.177. The van der Waals surface area contributed by atoms with Crippen molar-refractivity contribution in [2.45, 2.75) is 31.9 Å². The van der Waals surface area contributed by atoms with Gasteiger partial charge in [0, 0.05) is 6.54 Å². The first-order valence-corrected chi connectivity index (χ1v) is 8.51. The molecule has 1 saturated heterocycles. The molecule has 1 fully saturated rings. The van der Waals surface area contributed by atoms with Crippen molar-refractivity contribution in [1.82, 2.24) is 4.90 Å². The zero-order chi connectivity index (χ0) is 17.8. The van der Waals surface area contributed by atoms with E-state index in [9.17, 15) is 14.3 Å². The zero-order valence-corrected chi connectivity index (χ0v) is 14.2. The first kappa shape index (κ1) is 17.4. The molecule has 2 atom stereocenters. The first-order valence-electron chi connectivity index (χ1n) is 8.51. The van der Waals surface area contributed by atoms with Gasteiger partial charge in [-0.1, -0.05) is 24.3 Å². The third-order valence-electron chi connectivity index (χ3n) is 4.44. The molecule has 0 aromatic heterocycles. The highest BCUT2D eigenvalue weighted by Gasteiger charge is 2.35. The van der Waals surface area contributed by atoms with Crippen LogP contribution < -0.4 is 4.74 Å². The minimum absolute atomic E-state index is 0.0463. The number of aliphatic hydroxyl groups is 1. The number of halogens is 1. The number of carbonyl (C=O) groups excluding carboxylic acids is 1. The van der Waals surface area contributed by atoms with E-state index >= 15 is 0 Å². The molecule has 2 aromatic carbocycles. The highest BCUT2D eigenvalue weighted by molar-refractivity contribution is 5.79. The second kappa shape index (κ2) is 7.66. The maximum atomic E-state index is 13.1. The summed E-state index contributed by atoms with van der Waals surface area (Å²) in [5.74, 6) is 0.420. The van der Waals surface area contributed by atoms with Crippen LogP contribution in [-0.2, 0) is 11.2 Å². The number of benzene rings is 2. The van der Waals surface area contributed by atoms with E-state index in [0.29, 0.717) is 19.6 Å². The number of amides is 1. The molecule has 132 valence electrons. The van der Waals surface area contributed by atoms with E-state index in [1.165, 1.54) is 12.1 Å². The van der Waals surface area contributed by atoms with Gasteiger partial charge in [-0.3, -0.25) is 4.79 Å². The van der Waals surface area contributed by atoms with Crippen molar-refractivity contribution in [3.05, 3.63) is 65.5 Å². The van der Waals surface area contributed by atoms with E-state index in [1.54, 1.807) is 17.0 Å². The highest BCUT2D eigenvalue weighted by Crippen LogP contribution is 2.32. The summed E-state index contributed by atoms with van der Waals surface area (Å²) < 4.78 is 18.5. The van der Waals surface area contributed by atoms with Crippen molar-refractivity contribution >= 4 is 5.91 Å². The Hall–Kier alpha value is -2.40. The number of rotatable bonds is 5. The predicted octanol–water partition coefficient (Wildman–Crippen LogP) is 3.10. The third kappa shape index (κ3) is 4.17. The van der Waals surface area contributed by atoms with Gasteiger partial charge < -0.3 is 14.7 Å². The molecule has 1 heterocycles. The van der Waals surface area contributed by atoms with Crippen molar-refractivity contribution in [1.29, 1.82) is 0 Å². The molecule has 0 spiro atoms. The van der Waals surface area contributed by atoms with Crippen LogP contribution in [-0.4, -0.2) is 35.2 Å². The SMILES string of the molecule is CCOc1ccc(CC(=O)N2C[C@@H](O)C[C@@H]2c2ccc(F)cc2)cc1. The zero-order valence-electron chi connectivity index (χ0n) is 14.2. The summed E-state index contributed by atoms with van der Waals surface area (Å²) in [6.45, 7) is 2.83. The molecule has 3 rings (SSSR count). The van der Waals surface area contributed by atoms with Crippen molar-refractivity contribution in [3.8, 4) is 5.75 Å². The summed E-state index contributed by atoms with van der Waals surface area (Å²) in [6, 6.07) is 13.4. The fourth-order valence-corrected chi connectivity index (χ4v) is 3.24. The number of aliphatic hydroxyl groups excluding tert-OH is 1. The lowest BCUT2D eigenvalue weighted by Crippen LogP contribution is -2.33. The second-order valence-electron chi connectivity index (χ2n) is 6.26. The molecule has 5 heteroatoms. The third-order valence-corrected chi connectivity index (χ3v) is 4.44. The highest BCUT2D eigenvalue weighted by atomic mass is 19.1. The molecular formula is C20H22FNO3. The summed E-state index contributed by atoms with van der Waals surface area (Å²) in [7, 11) is 0. The number of hydrogen-bond donors (Lipinski definition) is 1. The predicted molar refractivity (Wildman–Crippen MR) is 92.8 cm³/mol. The Kier molecular flexibility index (Phi) is 5.34. The smallest absolute Gasteiger partial charge is 0.227 e. The average Bonchev–Trinajstić information content (AvgIpc) is 2.99. The van der Waals surface area contributed by atoms with Gasteiger partial charge in [0.15, 0.2) is 0 Å². The normalized spacial score (nSPS) is 19.9. The van der Waals surface area contributed by atoms with Crippen LogP contribution in [0.25, 0.3) is 0 Å². The molecule has 1 aliphatic heterocycles. The topological polar surface area (TPSA) is 49.8 Å². The minimum Gasteiger partial charge on any atom is -0.494 e. The molecular weight excluding hydrogens is 321 g/mol. The van der Waals surface area contributed by atoms with E-state index in [-0.39, 0.29) is 24.2 Å². The molecule has 25 heavy (non-hydrogen) atoms. The number of ether oxygens (including phenoxy) is 1. The lowest BCUT2D eigenvalue weighted by atomic mass is 10.0. The quantitative estimate of drug-likeness (QED) is 0.908. The van der Waals surface area contributed by atoms with E-state index < -0.39 is 6.10 Å². The Bertz CT molecular complexity index is 715. The van der Waals surface area contributed by atoms with Gasteiger partial charge in [0.05, 0.1) is 25.2 Å². The van der Waals surface area contributed by atoms with Gasteiger partial charge >= 0.3 is 0 Å². The van der Waals surface area contributed by atoms with Crippen molar-refractivity contribution < 1.29 is 19.0 Å². The first-order chi connectivity index (χ1) is 12.1. The van der Waals surface area contributed by atoms with Gasteiger partial charge in [0.25, 0.3) is 0 Å². The van der Waals surface area contributed by atoms with Crippen molar-refractivity contribution in [3.63, 3.8) is 0 Å². The summed E-state index contributed by atoms with van der Waals surface area (Å²) in [5, 5.41) is 10.0. The van der Waals surface area contributed by atoms with E-state index in [1.807, 2.05) is 31.2 Å². The molecule has 4 nitrogen and oxygen atoms in total.